The van der Waals surface area contributed by atoms with Crippen molar-refractivity contribution in [2.24, 2.45) is 0 Å². The molecule has 124 valence electrons. The van der Waals surface area contributed by atoms with Crippen molar-refractivity contribution in [3.63, 3.8) is 0 Å². The lowest BCUT2D eigenvalue weighted by Crippen LogP contribution is -2.41. The number of nitrogens with one attached hydrogen (secondary N) is 1. The zero-order valence-corrected chi connectivity index (χ0v) is 13.0. The minimum Gasteiger partial charge on any atom is -0.462 e. The van der Waals surface area contributed by atoms with E-state index in [1.165, 1.54) is 0 Å². The first-order valence-electron chi connectivity index (χ1n) is 7.52. The molecule has 1 aliphatic rings. The maximum atomic E-state index is 12.0. The fourth-order valence-corrected chi connectivity index (χ4v) is 2.17. The first-order valence-corrected chi connectivity index (χ1v) is 7.52. The highest BCUT2D eigenvalue weighted by Gasteiger charge is 2.19. The van der Waals surface area contributed by atoms with Crippen molar-refractivity contribution < 1.29 is 23.9 Å². The molecule has 7 heteroatoms. The molecule has 1 aromatic rings. The van der Waals surface area contributed by atoms with E-state index < -0.39 is 5.97 Å². The molecule has 0 bridgehead atoms. The van der Waals surface area contributed by atoms with E-state index in [1.54, 1.807) is 36.1 Å². The molecule has 1 fully saturated rings. The van der Waals surface area contributed by atoms with Gasteiger partial charge in [0.15, 0.2) is 0 Å². The summed E-state index contributed by atoms with van der Waals surface area (Å²) in [5, 5.41) is 2.64. The minimum absolute atomic E-state index is 0.209. The van der Waals surface area contributed by atoms with E-state index in [-0.39, 0.29) is 18.2 Å². The molecule has 0 unspecified atom stereocenters. The monoisotopic (exact) mass is 320 g/mol. The smallest absolute Gasteiger partial charge is 0.338 e. The molecule has 0 saturated carbocycles. The fourth-order valence-electron chi connectivity index (χ4n) is 2.17. The zero-order chi connectivity index (χ0) is 16.7. The van der Waals surface area contributed by atoms with Crippen molar-refractivity contribution in [3.8, 4) is 0 Å². The second-order valence-electron chi connectivity index (χ2n) is 5.02. The van der Waals surface area contributed by atoms with Gasteiger partial charge in [-0.05, 0) is 31.2 Å². The molecule has 1 N–H and O–H groups in total. The van der Waals surface area contributed by atoms with Crippen molar-refractivity contribution in [1.29, 1.82) is 0 Å². The van der Waals surface area contributed by atoms with Crippen molar-refractivity contribution in [3.05, 3.63) is 29.8 Å². The molecule has 0 aromatic heterocycles. The molecule has 7 nitrogen and oxygen atoms in total. The number of carbonyl (C=O) groups excluding carboxylic acids is 3. The van der Waals surface area contributed by atoms with Gasteiger partial charge in [-0.1, -0.05) is 0 Å². The summed E-state index contributed by atoms with van der Waals surface area (Å²) in [6, 6.07) is 6.33. The molecule has 0 spiro atoms. The van der Waals surface area contributed by atoms with E-state index in [2.05, 4.69) is 5.32 Å². The van der Waals surface area contributed by atoms with Crippen LogP contribution in [0.3, 0.4) is 0 Å². The van der Waals surface area contributed by atoms with Gasteiger partial charge in [0.25, 0.3) is 0 Å². The Morgan fingerprint density at radius 1 is 1.17 bits per heavy atom. The molecule has 1 aromatic carbocycles. The van der Waals surface area contributed by atoms with Gasteiger partial charge in [-0.15, -0.1) is 0 Å². The van der Waals surface area contributed by atoms with Crippen LogP contribution in [-0.4, -0.2) is 55.6 Å². The highest BCUT2D eigenvalue weighted by molar-refractivity contribution is 6.03. The number of anilines is 1. The molecule has 0 aliphatic carbocycles. The van der Waals surface area contributed by atoms with Gasteiger partial charge in [-0.25, -0.2) is 4.79 Å². The number of ether oxygens (including phenoxy) is 2. The predicted molar refractivity (Wildman–Crippen MR) is 83.0 cm³/mol. The number of benzene rings is 1. The average molecular weight is 320 g/mol. The van der Waals surface area contributed by atoms with Crippen LogP contribution in [-0.2, 0) is 19.1 Å². The van der Waals surface area contributed by atoms with Crippen molar-refractivity contribution >= 4 is 23.5 Å². The zero-order valence-electron chi connectivity index (χ0n) is 13.0. The van der Waals surface area contributed by atoms with E-state index in [0.29, 0.717) is 44.2 Å². The van der Waals surface area contributed by atoms with E-state index in [9.17, 15) is 14.4 Å². The number of esters is 1. The number of nitrogens with zero attached hydrogens (tertiary/aromatic N) is 1. The number of hydrogen-bond acceptors (Lipinski definition) is 5. The molecular formula is C16H20N2O5. The molecule has 0 atom stereocenters. The first-order chi connectivity index (χ1) is 11.1. The maximum Gasteiger partial charge on any atom is 0.338 e. The van der Waals surface area contributed by atoms with Gasteiger partial charge in [-0.2, -0.15) is 0 Å². The Morgan fingerprint density at radius 3 is 2.43 bits per heavy atom. The summed E-state index contributed by atoms with van der Waals surface area (Å²) in [4.78, 5) is 37.0. The Balaban J connectivity index is 1.85. The lowest BCUT2D eigenvalue weighted by atomic mass is 10.2. The normalized spacial score (nSPS) is 14.2. The number of morpholine rings is 1. The quantitative estimate of drug-likeness (QED) is 0.647. The van der Waals surface area contributed by atoms with Gasteiger partial charge in [0.05, 0.1) is 25.4 Å². The molecule has 2 amide bonds. The summed E-state index contributed by atoms with van der Waals surface area (Å²) < 4.78 is 10.0. The predicted octanol–water partition coefficient (Wildman–Crippen LogP) is 1.05. The van der Waals surface area contributed by atoms with Gasteiger partial charge in [0.2, 0.25) is 11.8 Å². The van der Waals surface area contributed by atoms with Gasteiger partial charge in [-0.3, -0.25) is 9.59 Å². The van der Waals surface area contributed by atoms with Gasteiger partial charge >= 0.3 is 5.97 Å². The summed E-state index contributed by atoms with van der Waals surface area (Å²) in [5.41, 5.74) is 0.937. The Kier molecular flexibility index (Phi) is 6.10. The van der Waals surface area contributed by atoms with Crippen LogP contribution in [0.5, 0.6) is 0 Å². The third kappa shape index (κ3) is 5.07. The van der Waals surface area contributed by atoms with Crippen LogP contribution in [0, 0.1) is 0 Å². The van der Waals surface area contributed by atoms with Crippen LogP contribution in [0.1, 0.15) is 23.7 Å². The second kappa shape index (κ2) is 8.28. The fraction of sp³-hybridized carbons (Fsp3) is 0.438. The second-order valence-corrected chi connectivity index (χ2v) is 5.02. The highest BCUT2D eigenvalue weighted by atomic mass is 16.5. The minimum atomic E-state index is -0.409. The van der Waals surface area contributed by atoms with Gasteiger partial charge in [0.1, 0.15) is 6.42 Å². The number of rotatable bonds is 5. The number of carbonyl (C=O) groups is 3. The van der Waals surface area contributed by atoms with Crippen LogP contribution in [0.25, 0.3) is 0 Å². The Labute approximate surface area is 134 Å². The summed E-state index contributed by atoms with van der Waals surface area (Å²) in [6.07, 6.45) is -0.209. The molecule has 23 heavy (non-hydrogen) atoms. The van der Waals surface area contributed by atoms with Crippen molar-refractivity contribution in [2.75, 3.05) is 38.2 Å². The van der Waals surface area contributed by atoms with Crippen LogP contribution in [0.15, 0.2) is 24.3 Å². The Bertz CT molecular complexity index is 564. The SMILES string of the molecule is CCOC(=O)c1ccc(NC(=O)CC(=O)N2CCOCC2)cc1. The molecule has 0 radical (unpaired) electrons. The van der Waals surface area contributed by atoms with Crippen LogP contribution in [0.2, 0.25) is 0 Å². The maximum absolute atomic E-state index is 12.0. The third-order valence-corrected chi connectivity index (χ3v) is 3.36. The summed E-state index contributed by atoms with van der Waals surface area (Å²) in [6.45, 7) is 4.07. The lowest BCUT2D eigenvalue weighted by molar-refractivity contribution is -0.138. The molecular weight excluding hydrogens is 300 g/mol. The van der Waals surface area contributed by atoms with Crippen molar-refractivity contribution in [2.45, 2.75) is 13.3 Å². The molecule has 1 saturated heterocycles. The largest absolute Gasteiger partial charge is 0.462 e. The van der Waals surface area contributed by atoms with Crippen molar-refractivity contribution in [1.82, 2.24) is 4.90 Å². The molecule has 2 rings (SSSR count). The van der Waals surface area contributed by atoms with E-state index >= 15 is 0 Å². The van der Waals surface area contributed by atoms with Crippen LogP contribution in [0.4, 0.5) is 5.69 Å². The van der Waals surface area contributed by atoms with E-state index in [1.807, 2.05) is 0 Å². The van der Waals surface area contributed by atoms with Crippen LogP contribution >= 0.6 is 0 Å². The average Bonchev–Trinajstić information content (AvgIpc) is 2.56. The van der Waals surface area contributed by atoms with E-state index in [0.717, 1.165) is 0 Å². The first kappa shape index (κ1) is 17.0. The standard InChI is InChI=1S/C16H20N2O5/c1-2-23-16(21)12-3-5-13(6-4-12)17-14(19)11-15(20)18-7-9-22-10-8-18/h3-6H,2,7-11H2,1H3,(H,17,19). The number of amides is 2. The lowest BCUT2D eigenvalue weighted by Gasteiger charge is -2.26. The topological polar surface area (TPSA) is 84.9 Å². The van der Waals surface area contributed by atoms with Gasteiger partial charge in [0, 0.05) is 18.8 Å². The van der Waals surface area contributed by atoms with Crippen LogP contribution < -0.4 is 5.32 Å². The molecule has 1 aliphatic heterocycles. The summed E-state index contributed by atoms with van der Waals surface area (Å²) in [7, 11) is 0. The third-order valence-electron chi connectivity index (χ3n) is 3.36. The Morgan fingerprint density at radius 2 is 1.83 bits per heavy atom. The summed E-state index contributed by atoms with van der Waals surface area (Å²) >= 11 is 0. The number of hydrogen-bond donors (Lipinski definition) is 1. The summed E-state index contributed by atoms with van der Waals surface area (Å²) in [5.74, 6) is -1.01. The Hall–Kier alpha value is -2.41. The van der Waals surface area contributed by atoms with Gasteiger partial charge < -0.3 is 19.7 Å². The molecule has 1 heterocycles. The van der Waals surface area contributed by atoms with E-state index in [4.69, 9.17) is 9.47 Å². The highest BCUT2D eigenvalue weighted by Crippen LogP contribution is 2.11.